The van der Waals surface area contributed by atoms with Crippen LogP contribution in [-0.2, 0) is 11.2 Å². The average Bonchev–Trinajstić information content (AvgIpc) is 2.89. The fourth-order valence-electron chi connectivity index (χ4n) is 2.47. The van der Waals surface area contributed by atoms with Gasteiger partial charge in [-0.2, -0.15) is 0 Å². The van der Waals surface area contributed by atoms with Gasteiger partial charge in [0.05, 0.1) is 19.0 Å². The Bertz CT molecular complexity index is 338. The van der Waals surface area contributed by atoms with Crippen LogP contribution in [0.15, 0.2) is 22.8 Å². The molecule has 0 bridgehead atoms. The van der Waals surface area contributed by atoms with Crippen molar-refractivity contribution in [1.82, 2.24) is 10.2 Å². The van der Waals surface area contributed by atoms with Gasteiger partial charge in [0, 0.05) is 31.6 Å². The number of likely N-dealkylation sites (N-methyl/N-ethyl adjacent to an activating group) is 1. The summed E-state index contributed by atoms with van der Waals surface area (Å²) in [6, 6.07) is 4.84. The maximum Gasteiger partial charge on any atom is 0.105 e. The van der Waals surface area contributed by atoms with Gasteiger partial charge in [0.25, 0.3) is 0 Å². The van der Waals surface area contributed by atoms with Crippen LogP contribution in [0.4, 0.5) is 0 Å². The lowest BCUT2D eigenvalue weighted by Gasteiger charge is -2.38. The van der Waals surface area contributed by atoms with Crippen molar-refractivity contribution in [3.05, 3.63) is 24.2 Å². The molecule has 0 aliphatic carbocycles. The molecule has 2 rings (SSSR count). The number of ether oxygens (including phenoxy) is 1. The highest BCUT2D eigenvalue weighted by Crippen LogP contribution is 2.15. The summed E-state index contributed by atoms with van der Waals surface area (Å²) in [7, 11) is 1.99. The van der Waals surface area contributed by atoms with Gasteiger partial charge in [0.1, 0.15) is 5.76 Å². The molecule has 0 radical (unpaired) electrons. The number of morpholine rings is 1. The van der Waals surface area contributed by atoms with Crippen LogP contribution >= 0.6 is 0 Å². The number of hydrogen-bond donors (Lipinski definition) is 1. The molecule has 2 atom stereocenters. The van der Waals surface area contributed by atoms with Crippen molar-refractivity contribution in [1.29, 1.82) is 0 Å². The van der Waals surface area contributed by atoms with Crippen LogP contribution in [0.25, 0.3) is 0 Å². The molecule has 1 aliphatic rings. The molecule has 0 spiro atoms. The van der Waals surface area contributed by atoms with E-state index in [4.69, 9.17) is 9.15 Å². The van der Waals surface area contributed by atoms with E-state index in [9.17, 15) is 0 Å². The van der Waals surface area contributed by atoms with Gasteiger partial charge in [-0.1, -0.05) is 0 Å². The third kappa shape index (κ3) is 3.34. The number of nitrogens with one attached hydrogen (secondary N) is 1. The number of furan rings is 1. The van der Waals surface area contributed by atoms with Gasteiger partial charge in [-0.25, -0.2) is 0 Å². The Labute approximate surface area is 109 Å². The van der Waals surface area contributed by atoms with E-state index in [-0.39, 0.29) is 6.10 Å². The molecule has 2 unspecified atom stereocenters. The Morgan fingerprint density at radius 3 is 2.94 bits per heavy atom. The Morgan fingerprint density at radius 1 is 1.50 bits per heavy atom. The minimum Gasteiger partial charge on any atom is -0.469 e. The molecule has 2 heterocycles. The predicted octanol–water partition coefficient (Wildman–Crippen LogP) is 1.52. The summed E-state index contributed by atoms with van der Waals surface area (Å²) in [6.45, 7) is 7.32. The number of nitrogens with zero attached hydrogens (tertiary/aromatic N) is 1. The fraction of sp³-hybridized carbons (Fsp3) is 0.714. The summed E-state index contributed by atoms with van der Waals surface area (Å²) in [6.07, 6.45) is 2.83. The van der Waals surface area contributed by atoms with Crippen LogP contribution in [0, 0.1) is 0 Å². The third-order valence-electron chi connectivity index (χ3n) is 3.68. The van der Waals surface area contributed by atoms with E-state index in [1.54, 1.807) is 6.26 Å². The van der Waals surface area contributed by atoms with E-state index >= 15 is 0 Å². The molecule has 1 aliphatic heterocycles. The molecule has 1 saturated heterocycles. The second-order valence-electron chi connectivity index (χ2n) is 5.18. The van der Waals surface area contributed by atoms with Crippen molar-refractivity contribution in [2.45, 2.75) is 38.5 Å². The Hall–Kier alpha value is -0.840. The average molecular weight is 252 g/mol. The van der Waals surface area contributed by atoms with Crippen molar-refractivity contribution in [3.63, 3.8) is 0 Å². The molecule has 102 valence electrons. The zero-order valence-electron chi connectivity index (χ0n) is 11.6. The SMILES string of the molecule is CNC(Cc1ccco1)C1CN(C(C)C)CCO1. The minimum atomic E-state index is 0.233. The third-order valence-corrected chi connectivity index (χ3v) is 3.68. The van der Waals surface area contributed by atoms with Crippen LogP contribution in [0.1, 0.15) is 19.6 Å². The Balaban J connectivity index is 1.94. The van der Waals surface area contributed by atoms with Crippen LogP contribution in [-0.4, -0.2) is 49.8 Å². The lowest BCUT2D eigenvalue weighted by molar-refractivity contribution is -0.0547. The molecule has 1 N–H and O–H groups in total. The van der Waals surface area contributed by atoms with Crippen molar-refractivity contribution in [3.8, 4) is 0 Å². The zero-order chi connectivity index (χ0) is 13.0. The highest BCUT2D eigenvalue weighted by atomic mass is 16.5. The molecular formula is C14H24N2O2. The summed E-state index contributed by atoms with van der Waals surface area (Å²) in [5.41, 5.74) is 0. The smallest absolute Gasteiger partial charge is 0.105 e. The van der Waals surface area contributed by atoms with Gasteiger partial charge in [0.2, 0.25) is 0 Å². The molecule has 1 fully saturated rings. The van der Waals surface area contributed by atoms with Gasteiger partial charge in [-0.15, -0.1) is 0 Å². The highest BCUT2D eigenvalue weighted by Gasteiger charge is 2.28. The van der Waals surface area contributed by atoms with Gasteiger partial charge in [0.15, 0.2) is 0 Å². The lowest BCUT2D eigenvalue weighted by Crippen LogP contribution is -2.53. The topological polar surface area (TPSA) is 37.6 Å². The summed E-state index contributed by atoms with van der Waals surface area (Å²) < 4.78 is 11.3. The standard InChI is InChI=1S/C14H24N2O2/c1-11(2)16-6-8-18-14(10-16)13(15-3)9-12-5-4-7-17-12/h4-5,7,11,13-15H,6,8-10H2,1-3H3. The van der Waals surface area contributed by atoms with Crippen molar-refractivity contribution in [2.24, 2.45) is 0 Å². The molecular weight excluding hydrogens is 228 g/mol. The first kappa shape index (κ1) is 13.6. The highest BCUT2D eigenvalue weighted by molar-refractivity contribution is 5.02. The van der Waals surface area contributed by atoms with Crippen molar-refractivity contribution >= 4 is 0 Å². The first-order valence-electron chi connectivity index (χ1n) is 6.76. The molecule has 1 aromatic rings. The van der Waals surface area contributed by atoms with Crippen LogP contribution in [0.3, 0.4) is 0 Å². The monoisotopic (exact) mass is 252 g/mol. The van der Waals surface area contributed by atoms with Crippen molar-refractivity contribution in [2.75, 3.05) is 26.7 Å². The normalized spacial score (nSPS) is 23.4. The first-order chi connectivity index (χ1) is 8.70. The van der Waals surface area contributed by atoms with Gasteiger partial charge in [-0.3, -0.25) is 4.90 Å². The number of rotatable bonds is 5. The Morgan fingerprint density at radius 2 is 2.33 bits per heavy atom. The fourth-order valence-corrected chi connectivity index (χ4v) is 2.47. The van der Waals surface area contributed by atoms with Crippen LogP contribution < -0.4 is 5.32 Å². The van der Waals surface area contributed by atoms with E-state index in [0.717, 1.165) is 31.9 Å². The maximum absolute atomic E-state index is 5.91. The second kappa shape index (κ2) is 6.36. The molecule has 1 aromatic heterocycles. The molecule has 0 aromatic carbocycles. The zero-order valence-corrected chi connectivity index (χ0v) is 11.6. The predicted molar refractivity (Wildman–Crippen MR) is 71.7 cm³/mol. The van der Waals surface area contributed by atoms with E-state index in [1.807, 2.05) is 19.2 Å². The van der Waals surface area contributed by atoms with Crippen LogP contribution in [0.2, 0.25) is 0 Å². The molecule has 0 saturated carbocycles. The summed E-state index contributed by atoms with van der Waals surface area (Å²) >= 11 is 0. The molecule has 0 amide bonds. The molecule has 18 heavy (non-hydrogen) atoms. The van der Waals surface area contributed by atoms with Gasteiger partial charge >= 0.3 is 0 Å². The van der Waals surface area contributed by atoms with E-state index in [1.165, 1.54) is 0 Å². The van der Waals surface area contributed by atoms with E-state index in [0.29, 0.717) is 12.1 Å². The summed E-state index contributed by atoms with van der Waals surface area (Å²) in [5, 5.41) is 3.36. The minimum absolute atomic E-state index is 0.233. The van der Waals surface area contributed by atoms with E-state index in [2.05, 4.69) is 24.1 Å². The van der Waals surface area contributed by atoms with Crippen molar-refractivity contribution < 1.29 is 9.15 Å². The van der Waals surface area contributed by atoms with E-state index < -0.39 is 0 Å². The lowest BCUT2D eigenvalue weighted by atomic mass is 10.0. The maximum atomic E-state index is 5.91. The summed E-state index contributed by atoms with van der Waals surface area (Å²) in [4.78, 5) is 2.47. The molecule has 4 nitrogen and oxygen atoms in total. The number of hydrogen-bond acceptors (Lipinski definition) is 4. The summed E-state index contributed by atoms with van der Waals surface area (Å²) in [5.74, 6) is 1.01. The van der Waals surface area contributed by atoms with Gasteiger partial charge < -0.3 is 14.5 Å². The second-order valence-corrected chi connectivity index (χ2v) is 5.18. The Kier molecular flexibility index (Phi) is 4.80. The largest absolute Gasteiger partial charge is 0.469 e. The first-order valence-corrected chi connectivity index (χ1v) is 6.76. The quantitative estimate of drug-likeness (QED) is 0.862. The molecule has 4 heteroatoms. The van der Waals surface area contributed by atoms with Gasteiger partial charge in [-0.05, 0) is 33.0 Å². The van der Waals surface area contributed by atoms with Crippen LogP contribution in [0.5, 0.6) is 0 Å².